The van der Waals surface area contributed by atoms with Crippen molar-refractivity contribution in [3.8, 4) is 0 Å². The molecule has 3 aromatic rings. The van der Waals surface area contributed by atoms with Crippen LogP contribution in [0.1, 0.15) is 29.8 Å². The standard InChI is InChI=1S/C22H22ClN3O4S/c1-13(2)20(25-21(27)17-8-7-15(26(29)30)11-18(17)23)22(28)24-10-9-14-12-31-19-6-4-3-5-16(14)19/h3-8,11-13,20H,9-10H2,1-2H3,(H,24,28)(H,25,27). The molecule has 1 heterocycles. The van der Waals surface area contributed by atoms with Gasteiger partial charge in [-0.05, 0) is 40.8 Å². The predicted octanol–water partition coefficient (Wildman–Crippen LogP) is 4.58. The van der Waals surface area contributed by atoms with Crippen molar-refractivity contribution < 1.29 is 14.5 Å². The maximum atomic E-state index is 12.7. The first-order valence-corrected chi connectivity index (χ1v) is 11.0. The summed E-state index contributed by atoms with van der Waals surface area (Å²) in [4.78, 5) is 35.6. The monoisotopic (exact) mass is 459 g/mol. The number of nitro benzene ring substituents is 1. The van der Waals surface area contributed by atoms with Gasteiger partial charge in [-0.25, -0.2) is 0 Å². The van der Waals surface area contributed by atoms with Gasteiger partial charge in [-0.2, -0.15) is 0 Å². The predicted molar refractivity (Wildman–Crippen MR) is 123 cm³/mol. The molecule has 0 aliphatic carbocycles. The fourth-order valence-electron chi connectivity index (χ4n) is 3.21. The van der Waals surface area contributed by atoms with Crippen LogP contribution >= 0.6 is 22.9 Å². The minimum Gasteiger partial charge on any atom is -0.354 e. The van der Waals surface area contributed by atoms with Crippen LogP contribution in [0.15, 0.2) is 47.8 Å². The van der Waals surface area contributed by atoms with E-state index in [0.717, 1.165) is 6.07 Å². The molecule has 0 bridgehead atoms. The molecule has 162 valence electrons. The lowest BCUT2D eigenvalue weighted by molar-refractivity contribution is -0.384. The zero-order valence-corrected chi connectivity index (χ0v) is 18.6. The normalized spacial score (nSPS) is 12.0. The average molecular weight is 460 g/mol. The van der Waals surface area contributed by atoms with Crippen molar-refractivity contribution in [2.45, 2.75) is 26.3 Å². The number of fused-ring (bicyclic) bond motifs is 1. The number of non-ortho nitro benzene ring substituents is 1. The molecule has 3 rings (SSSR count). The Balaban J connectivity index is 1.62. The summed E-state index contributed by atoms with van der Waals surface area (Å²) in [5, 5.41) is 19.7. The molecule has 9 heteroatoms. The number of carbonyl (C=O) groups excluding carboxylic acids is 2. The van der Waals surface area contributed by atoms with Gasteiger partial charge in [0.05, 0.1) is 15.5 Å². The van der Waals surface area contributed by atoms with Gasteiger partial charge in [-0.3, -0.25) is 19.7 Å². The SMILES string of the molecule is CC(C)C(NC(=O)c1ccc([N+](=O)[O-])cc1Cl)C(=O)NCCc1csc2ccccc12. The number of nitro groups is 1. The maximum Gasteiger partial charge on any atom is 0.270 e. The smallest absolute Gasteiger partial charge is 0.270 e. The number of thiophene rings is 1. The molecule has 31 heavy (non-hydrogen) atoms. The van der Waals surface area contributed by atoms with E-state index < -0.39 is 16.9 Å². The number of nitrogens with one attached hydrogen (secondary N) is 2. The van der Waals surface area contributed by atoms with Gasteiger partial charge in [0.2, 0.25) is 5.91 Å². The lowest BCUT2D eigenvalue weighted by Crippen LogP contribution is -2.50. The number of amides is 2. The minimum absolute atomic E-state index is 0.0426. The molecule has 1 aromatic heterocycles. The van der Waals surface area contributed by atoms with Gasteiger partial charge in [0.1, 0.15) is 6.04 Å². The van der Waals surface area contributed by atoms with Gasteiger partial charge in [0.25, 0.3) is 11.6 Å². The Morgan fingerprint density at radius 2 is 1.94 bits per heavy atom. The molecule has 2 N–H and O–H groups in total. The highest BCUT2D eigenvalue weighted by atomic mass is 35.5. The first-order chi connectivity index (χ1) is 14.8. The molecular formula is C22H22ClN3O4S. The Hall–Kier alpha value is -2.97. The number of carbonyl (C=O) groups is 2. The van der Waals surface area contributed by atoms with Gasteiger partial charge in [0, 0.05) is 23.4 Å². The second-order valence-electron chi connectivity index (χ2n) is 7.41. The summed E-state index contributed by atoms with van der Waals surface area (Å²) in [6, 6.07) is 11.0. The quantitative estimate of drug-likeness (QED) is 0.380. The third-order valence-corrected chi connectivity index (χ3v) is 6.22. The van der Waals surface area contributed by atoms with Crippen LogP contribution in [0.25, 0.3) is 10.1 Å². The largest absolute Gasteiger partial charge is 0.354 e. The summed E-state index contributed by atoms with van der Waals surface area (Å²) in [6.07, 6.45) is 0.683. The van der Waals surface area contributed by atoms with Crippen molar-refractivity contribution in [2.75, 3.05) is 6.54 Å². The van der Waals surface area contributed by atoms with Crippen molar-refractivity contribution in [1.29, 1.82) is 0 Å². The van der Waals surface area contributed by atoms with E-state index in [2.05, 4.69) is 28.1 Å². The zero-order valence-electron chi connectivity index (χ0n) is 17.1. The van der Waals surface area contributed by atoms with E-state index in [1.54, 1.807) is 11.3 Å². The number of rotatable bonds is 8. The molecule has 2 aromatic carbocycles. The van der Waals surface area contributed by atoms with Gasteiger partial charge < -0.3 is 10.6 Å². The molecule has 0 radical (unpaired) electrons. The molecule has 0 saturated carbocycles. The van der Waals surface area contributed by atoms with Crippen LogP contribution in [-0.2, 0) is 11.2 Å². The summed E-state index contributed by atoms with van der Waals surface area (Å²) in [7, 11) is 0. The van der Waals surface area contributed by atoms with Crippen molar-refractivity contribution in [3.63, 3.8) is 0 Å². The highest BCUT2D eigenvalue weighted by Gasteiger charge is 2.26. The Bertz CT molecular complexity index is 1130. The fraction of sp³-hybridized carbons (Fsp3) is 0.273. The van der Waals surface area contributed by atoms with Crippen molar-refractivity contribution >= 4 is 50.5 Å². The maximum absolute atomic E-state index is 12.7. The molecule has 0 aliphatic rings. The second kappa shape index (κ2) is 9.89. The fourth-order valence-corrected chi connectivity index (χ4v) is 4.47. The highest BCUT2D eigenvalue weighted by molar-refractivity contribution is 7.17. The number of nitrogens with zero attached hydrogens (tertiary/aromatic N) is 1. The van der Waals surface area contributed by atoms with Crippen LogP contribution in [-0.4, -0.2) is 29.3 Å². The molecule has 0 saturated heterocycles. The van der Waals surface area contributed by atoms with Crippen LogP contribution in [0.4, 0.5) is 5.69 Å². The molecule has 2 amide bonds. The molecule has 7 nitrogen and oxygen atoms in total. The van der Waals surface area contributed by atoms with E-state index in [1.165, 1.54) is 27.8 Å². The van der Waals surface area contributed by atoms with Crippen LogP contribution in [0.5, 0.6) is 0 Å². The van der Waals surface area contributed by atoms with Crippen LogP contribution in [0.3, 0.4) is 0 Å². The summed E-state index contributed by atoms with van der Waals surface area (Å²) in [5.74, 6) is -1.01. The van der Waals surface area contributed by atoms with Crippen LogP contribution in [0.2, 0.25) is 5.02 Å². The van der Waals surface area contributed by atoms with Crippen molar-refractivity contribution in [2.24, 2.45) is 5.92 Å². The molecular weight excluding hydrogens is 438 g/mol. The van der Waals surface area contributed by atoms with E-state index in [0.29, 0.717) is 13.0 Å². The van der Waals surface area contributed by atoms with Gasteiger partial charge in [0.15, 0.2) is 0 Å². The van der Waals surface area contributed by atoms with E-state index in [1.807, 2.05) is 26.0 Å². The summed E-state index contributed by atoms with van der Waals surface area (Å²) in [5.41, 5.74) is 1.04. The number of halogens is 1. The number of benzene rings is 2. The molecule has 1 atom stereocenters. The third-order valence-electron chi connectivity index (χ3n) is 4.90. The average Bonchev–Trinajstić information content (AvgIpc) is 3.14. The Morgan fingerprint density at radius 1 is 1.19 bits per heavy atom. The summed E-state index contributed by atoms with van der Waals surface area (Å²) >= 11 is 7.70. The Labute approximate surface area is 188 Å². The van der Waals surface area contributed by atoms with E-state index in [9.17, 15) is 19.7 Å². The van der Waals surface area contributed by atoms with Crippen molar-refractivity contribution in [3.05, 3.63) is 74.1 Å². The third kappa shape index (κ3) is 5.39. The topological polar surface area (TPSA) is 101 Å². The molecule has 0 aliphatic heterocycles. The van der Waals surface area contributed by atoms with Gasteiger partial charge in [-0.15, -0.1) is 11.3 Å². The first-order valence-electron chi connectivity index (χ1n) is 9.75. The van der Waals surface area contributed by atoms with Gasteiger partial charge in [-0.1, -0.05) is 43.6 Å². The van der Waals surface area contributed by atoms with E-state index in [4.69, 9.17) is 11.6 Å². The lowest BCUT2D eigenvalue weighted by Gasteiger charge is -2.22. The second-order valence-corrected chi connectivity index (χ2v) is 8.73. The highest BCUT2D eigenvalue weighted by Crippen LogP contribution is 2.26. The summed E-state index contributed by atoms with van der Waals surface area (Å²) in [6.45, 7) is 4.10. The first kappa shape index (κ1) is 22.7. The molecule has 0 fully saturated rings. The van der Waals surface area contributed by atoms with Crippen molar-refractivity contribution in [1.82, 2.24) is 10.6 Å². The zero-order chi connectivity index (χ0) is 22.5. The van der Waals surface area contributed by atoms with E-state index >= 15 is 0 Å². The number of hydrogen-bond acceptors (Lipinski definition) is 5. The van der Waals surface area contributed by atoms with E-state index in [-0.39, 0.29) is 28.1 Å². The lowest BCUT2D eigenvalue weighted by atomic mass is 10.0. The minimum atomic E-state index is -0.766. The Morgan fingerprint density at radius 3 is 2.61 bits per heavy atom. The number of hydrogen-bond donors (Lipinski definition) is 2. The van der Waals surface area contributed by atoms with Gasteiger partial charge >= 0.3 is 0 Å². The molecule has 1 unspecified atom stereocenters. The van der Waals surface area contributed by atoms with Crippen LogP contribution < -0.4 is 10.6 Å². The summed E-state index contributed by atoms with van der Waals surface area (Å²) < 4.78 is 1.20. The molecule has 0 spiro atoms. The Kier molecular flexibility index (Phi) is 7.25. The van der Waals surface area contributed by atoms with Crippen LogP contribution in [0, 0.1) is 16.0 Å².